The van der Waals surface area contributed by atoms with Crippen LogP contribution in [0.15, 0.2) is 18.2 Å². The molecule has 0 fully saturated rings. The summed E-state index contributed by atoms with van der Waals surface area (Å²) in [6.07, 6.45) is 0. The number of anilines is 3. The van der Waals surface area contributed by atoms with Crippen molar-refractivity contribution in [3.05, 3.63) is 34.9 Å². The highest BCUT2D eigenvalue weighted by molar-refractivity contribution is 6.28. The minimum absolute atomic E-state index is 0.0704. The van der Waals surface area contributed by atoms with Gasteiger partial charge in [-0.3, -0.25) is 0 Å². The predicted molar refractivity (Wildman–Crippen MR) is 73.4 cm³/mol. The molecule has 0 amide bonds. The number of aryl methyl sites for hydroxylation is 1. The maximum absolute atomic E-state index is 13.4. The average Bonchev–Trinajstić information content (AvgIpc) is 2.33. The van der Waals surface area contributed by atoms with Gasteiger partial charge in [-0.2, -0.15) is 15.0 Å². The SMILES string of the molecule is CCNc1nc(Cl)nc(Nc2ccc(C)c(F)c2)n1. The Hall–Kier alpha value is -1.95. The van der Waals surface area contributed by atoms with Crippen LogP contribution < -0.4 is 10.6 Å². The Morgan fingerprint density at radius 2 is 1.95 bits per heavy atom. The van der Waals surface area contributed by atoms with Crippen molar-refractivity contribution >= 4 is 29.2 Å². The molecule has 0 bridgehead atoms. The van der Waals surface area contributed by atoms with Crippen LogP contribution in [-0.2, 0) is 0 Å². The largest absolute Gasteiger partial charge is 0.354 e. The van der Waals surface area contributed by atoms with Crippen LogP contribution in [0, 0.1) is 12.7 Å². The summed E-state index contributed by atoms with van der Waals surface area (Å²) in [7, 11) is 0. The van der Waals surface area contributed by atoms with E-state index >= 15 is 0 Å². The quantitative estimate of drug-likeness (QED) is 0.901. The zero-order valence-corrected chi connectivity index (χ0v) is 11.3. The molecular weight excluding hydrogens is 269 g/mol. The molecule has 0 unspecified atom stereocenters. The van der Waals surface area contributed by atoms with Gasteiger partial charge in [0, 0.05) is 12.2 Å². The van der Waals surface area contributed by atoms with Gasteiger partial charge in [0.2, 0.25) is 17.2 Å². The van der Waals surface area contributed by atoms with Gasteiger partial charge in [0.25, 0.3) is 0 Å². The van der Waals surface area contributed by atoms with E-state index in [-0.39, 0.29) is 17.0 Å². The summed E-state index contributed by atoms with van der Waals surface area (Å²) in [5, 5.41) is 5.89. The lowest BCUT2D eigenvalue weighted by Gasteiger charge is -2.08. The molecule has 2 rings (SSSR count). The molecule has 100 valence electrons. The summed E-state index contributed by atoms with van der Waals surface area (Å²) in [6, 6.07) is 4.79. The van der Waals surface area contributed by atoms with Crippen LogP contribution in [0.2, 0.25) is 5.28 Å². The molecule has 1 aromatic carbocycles. The van der Waals surface area contributed by atoms with Crippen LogP contribution in [0.1, 0.15) is 12.5 Å². The van der Waals surface area contributed by atoms with E-state index in [1.807, 2.05) is 6.92 Å². The van der Waals surface area contributed by atoms with Gasteiger partial charge in [-0.05, 0) is 43.1 Å². The van der Waals surface area contributed by atoms with Gasteiger partial charge in [0.05, 0.1) is 0 Å². The second-order valence-electron chi connectivity index (χ2n) is 3.87. The second kappa shape index (κ2) is 5.79. The summed E-state index contributed by atoms with van der Waals surface area (Å²) in [4.78, 5) is 12.0. The van der Waals surface area contributed by atoms with E-state index in [4.69, 9.17) is 11.6 Å². The number of rotatable bonds is 4. The Balaban J connectivity index is 2.24. The predicted octanol–water partition coefficient (Wildman–Crippen LogP) is 3.15. The van der Waals surface area contributed by atoms with E-state index in [1.54, 1.807) is 19.1 Å². The van der Waals surface area contributed by atoms with E-state index in [0.717, 1.165) is 0 Å². The maximum atomic E-state index is 13.4. The Bertz CT molecular complexity index is 590. The highest BCUT2D eigenvalue weighted by Crippen LogP contribution is 2.18. The molecule has 1 heterocycles. The van der Waals surface area contributed by atoms with Crippen LogP contribution in [0.5, 0.6) is 0 Å². The fraction of sp³-hybridized carbons (Fsp3) is 0.250. The standard InChI is InChI=1S/C12H13ClFN5/c1-3-15-11-17-10(13)18-12(19-11)16-8-5-4-7(2)9(14)6-8/h4-6H,3H2,1-2H3,(H2,15,16,17,18,19). The molecule has 2 N–H and O–H groups in total. The molecule has 0 aliphatic carbocycles. The molecule has 0 radical (unpaired) electrons. The van der Waals surface area contributed by atoms with E-state index in [1.165, 1.54) is 6.07 Å². The van der Waals surface area contributed by atoms with Crippen molar-refractivity contribution in [1.29, 1.82) is 0 Å². The van der Waals surface area contributed by atoms with Crippen molar-refractivity contribution in [1.82, 2.24) is 15.0 Å². The van der Waals surface area contributed by atoms with E-state index in [0.29, 0.717) is 23.7 Å². The smallest absolute Gasteiger partial charge is 0.233 e. The highest BCUT2D eigenvalue weighted by Gasteiger charge is 2.06. The van der Waals surface area contributed by atoms with Crippen molar-refractivity contribution in [2.45, 2.75) is 13.8 Å². The monoisotopic (exact) mass is 281 g/mol. The van der Waals surface area contributed by atoms with Gasteiger partial charge in [-0.15, -0.1) is 0 Å². The molecule has 0 saturated heterocycles. The lowest BCUT2D eigenvalue weighted by atomic mass is 10.2. The van der Waals surface area contributed by atoms with E-state index in [9.17, 15) is 4.39 Å². The minimum Gasteiger partial charge on any atom is -0.354 e. The third-order valence-electron chi connectivity index (χ3n) is 2.37. The average molecular weight is 282 g/mol. The maximum Gasteiger partial charge on any atom is 0.233 e. The fourth-order valence-electron chi connectivity index (χ4n) is 1.44. The zero-order chi connectivity index (χ0) is 13.8. The van der Waals surface area contributed by atoms with Gasteiger partial charge in [0.15, 0.2) is 0 Å². The first-order chi connectivity index (χ1) is 9.08. The molecule has 19 heavy (non-hydrogen) atoms. The van der Waals surface area contributed by atoms with E-state index < -0.39 is 0 Å². The lowest BCUT2D eigenvalue weighted by Crippen LogP contribution is -2.06. The van der Waals surface area contributed by atoms with Gasteiger partial charge < -0.3 is 10.6 Å². The number of hydrogen-bond donors (Lipinski definition) is 2. The Morgan fingerprint density at radius 3 is 2.63 bits per heavy atom. The second-order valence-corrected chi connectivity index (χ2v) is 4.21. The molecular formula is C12H13ClFN5. The van der Waals surface area contributed by atoms with Crippen molar-refractivity contribution < 1.29 is 4.39 Å². The Labute approximate surface area is 115 Å². The van der Waals surface area contributed by atoms with Gasteiger partial charge in [-0.25, -0.2) is 4.39 Å². The fourth-order valence-corrected chi connectivity index (χ4v) is 1.60. The summed E-state index contributed by atoms with van der Waals surface area (Å²) >= 11 is 5.79. The summed E-state index contributed by atoms with van der Waals surface area (Å²) in [5.74, 6) is 0.342. The van der Waals surface area contributed by atoms with Crippen LogP contribution in [0.4, 0.5) is 22.0 Å². The Morgan fingerprint density at radius 1 is 1.21 bits per heavy atom. The van der Waals surface area contributed by atoms with Gasteiger partial charge >= 0.3 is 0 Å². The summed E-state index contributed by atoms with van der Waals surface area (Å²) in [5.41, 5.74) is 1.13. The van der Waals surface area contributed by atoms with Crippen LogP contribution in [0.3, 0.4) is 0 Å². The van der Waals surface area contributed by atoms with Crippen LogP contribution >= 0.6 is 11.6 Å². The molecule has 2 aromatic rings. The number of nitrogens with one attached hydrogen (secondary N) is 2. The van der Waals surface area contributed by atoms with Crippen molar-refractivity contribution in [3.63, 3.8) is 0 Å². The molecule has 0 spiro atoms. The third-order valence-corrected chi connectivity index (χ3v) is 2.54. The minimum atomic E-state index is -0.294. The van der Waals surface area contributed by atoms with Crippen LogP contribution in [0.25, 0.3) is 0 Å². The van der Waals surface area contributed by atoms with Crippen LogP contribution in [-0.4, -0.2) is 21.5 Å². The molecule has 0 aliphatic rings. The van der Waals surface area contributed by atoms with E-state index in [2.05, 4.69) is 25.6 Å². The summed E-state index contributed by atoms with van der Waals surface area (Å²) in [6.45, 7) is 4.28. The van der Waals surface area contributed by atoms with Crippen molar-refractivity contribution in [2.24, 2.45) is 0 Å². The molecule has 1 aromatic heterocycles. The number of halogens is 2. The Kier molecular flexibility index (Phi) is 4.11. The summed E-state index contributed by atoms with van der Waals surface area (Å²) < 4.78 is 13.4. The molecule has 0 saturated carbocycles. The van der Waals surface area contributed by atoms with Crippen molar-refractivity contribution in [2.75, 3.05) is 17.2 Å². The molecule has 7 heteroatoms. The first kappa shape index (κ1) is 13.5. The number of benzene rings is 1. The number of aromatic nitrogens is 3. The third kappa shape index (κ3) is 3.51. The van der Waals surface area contributed by atoms with Gasteiger partial charge in [-0.1, -0.05) is 6.07 Å². The van der Waals surface area contributed by atoms with Crippen molar-refractivity contribution in [3.8, 4) is 0 Å². The number of hydrogen-bond acceptors (Lipinski definition) is 5. The highest BCUT2D eigenvalue weighted by atomic mass is 35.5. The van der Waals surface area contributed by atoms with Gasteiger partial charge in [0.1, 0.15) is 5.82 Å². The number of nitrogens with zero attached hydrogens (tertiary/aromatic N) is 3. The first-order valence-electron chi connectivity index (χ1n) is 5.77. The topological polar surface area (TPSA) is 62.7 Å². The normalized spacial score (nSPS) is 10.3. The lowest BCUT2D eigenvalue weighted by molar-refractivity contribution is 0.619. The first-order valence-corrected chi connectivity index (χ1v) is 6.15. The zero-order valence-electron chi connectivity index (χ0n) is 10.5. The molecule has 5 nitrogen and oxygen atoms in total. The molecule has 0 aliphatic heterocycles. The molecule has 0 atom stereocenters.